The van der Waals surface area contributed by atoms with E-state index in [9.17, 15) is 9.90 Å². The van der Waals surface area contributed by atoms with E-state index in [0.717, 1.165) is 14.9 Å². The van der Waals surface area contributed by atoms with Crippen molar-refractivity contribution in [2.75, 3.05) is 14.2 Å². The molecule has 4 nitrogen and oxygen atoms in total. The molecule has 1 N–H and O–H groups in total. The van der Waals surface area contributed by atoms with Crippen LogP contribution < -0.4 is 4.74 Å². The molecule has 0 spiro atoms. The van der Waals surface area contributed by atoms with E-state index in [4.69, 9.17) is 4.74 Å². The molecular weight excluding hydrogens is 381 g/mol. The summed E-state index contributed by atoms with van der Waals surface area (Å²) in [6.45, 7) is 0.466. The number of rotatable bonds is 4. The van der Waals surface area contributed by atoms with Crippen molar-refractivity contribution >= 4 is 28.5 Å². The second-order valence-electron chi connectivity index (χ2n) is 4.67. The lowest BCUT2D eigenvalue weighted by Crippen LogP contribution is -2.26. The molecule has 1 amide bonds. The summed E-state index contributed by atoms with van der Waals surface area (Å²) >= 11 is 2.11. The minimum absolute atomic E-state index is 0.00185. The molecule has 0 saturated heterocycles. The number of methoxy groups -OCH3 is 1. The molecule has 0 radical (unpaired) electrons. The predicted octanol–water partition coefficient (Wildman–Crippen LogP) is 3.28. The zero-order chi connectivity index (χ0) is 15.4. The molecule has 0 saturated carbocycles. The number of hydrogen-bond donors (Lipinski definition) is 1. The molecule has 0 aliphatic rings. The van der Waals surface area contributed by atoms with E-state index < -0.39 is 0 Å². The average Bonchev–Trinajstić information content (AvgIpc) is 2.49. The topological polar surface area (TPSA) is 49.8 Å². The zero-order valence-corrected chi connectivity index (χ0v) is 14.0. The van der Waals surface area contributed by atoms with Crippen LogP contribution in [0.5, 0.6) is 11.5 Å². The first-order valence-electron chi connectivity index (χ1n) is 6.38. The highest BCUT2D eigenvalue weighted by Gasteiger charge is 2.16. The Balaban J connectivity index is 2.13. The molecule has 0 atom stereocenters. The number of phenols is 1. The van der Waals surface area contributed by atoms with Gasteiger partial charge in [0, 0.05) is 17.2 Å². The van der Waals surface area contributed by atoms with Crippen molar-refractivity contribution in [2.24, 2.45) is 0 Å². The number of carbonyl (C=O) groups is 1. The minimum atomic E-state index is -0.207. The monoisotopic (exact) mass is 397 g/mol. The Bertz CT molecular complexity index is 640. The highest BCUT2D eigenvalue weighted by molar-refractivity contribution is 14.1. The fraction of sp³-hybridized carbons (Fsp3) is 0.188. The van der Waals surface area contributed by atoms with Gasteiger partial charge in [0.25, 0.3) is 5.91 Å². The van der Waals surface area contributed by atoms with Crippen LogP contribution in [0.15, 0.2) is 42.5 Å². The standard InChI is InChI=1S/C16H16INO3/c1-18(10-11-3-6-13(21-2)7-4-11)16(20)14-9-12(17)5-8-15(14)19/h3-9,19H,10H2,1-2H3. The van der Waals surface area contributed by atoms with Crippen LogP contribution in [0.2, 0.25) is 0 Å². The molecule has 0 aliphatic heterocycles. The molecule has 0 aliphatic carbocycles. The Morgan fingerprint density at radius 1 is 1.24 bits per heavy atom. The molecule has 2 aromatic rings. The number of hydrogen-bond acceptors (Lipinski definition) is 3. The minimum Gasteiger partial charge on any atom is -0.507 e. The van der Waals surface area contributed by atoms with Gasteiger partial charge in [0.15, 0.2) is 0 Å². The van der Waals surface area contributed by atoms with Gasteiger partial charge >= 0.3 is 0 Å². The zero-order valence-electron chi connectivity index (χ0n) is 11.8. The molecule has 0 fully saturated rings. The SMILES string of the molecule is COc1ccc(CN(C)C(=O)c2cc(I)ccc2O)cc1. The summed E-state index contributed by atoms with van der Waals surface area (Å²) in [5, 5.41) is 9.82. The van der Waals surface area contributed by atoms with Crippen LogP contribution in [0.3, 0.4) is 0 Å². The number of benzene rings is 2. The van der Waals surface area contributed by atoms with Gasteiger partial charge in [-0.25, -0.2) is 0 Å². The highest BCUT2D eigenvalue weighted by Crippen LogP contribution is 2.22. The maximum atomic E-state index is 12.4. The number of halogens is 1. The second kappa shape index (κ2) is 6.80. The summed E-state index contributed by atoms with van der Waals surface area (Å²) in [5.41, 5.74) is 1.31. The van der Waals surface area contributed by atoms with Crippen LogP contribution in [-0.4, -0.2) is 30.1 Å². The van der Waals surface area contributed by atoms with E-state index in [0.29, 0.717) is 12.1 Å². The maximum absolute atomic E-state index is 12.4. The molecular formula is C16H16INO3. The number of aromatic hydroxyl groups is 1. The van der Waals surface area contributed by atoms with Crippen molar-refractivity contribution in [3.63, 3.8) is 0 Å². The van der Waals surface area contributed by atoms with Gasteiger partial charge < -0.3 is 14.7 Å². The lowest BCUT2D eigenvalue weighted by molar-refractivity contribution is 0.0782. The van der Waals surface area contributed by atoms with Crippen molar-refractivity contribution in [1.82, 2.24) is 4.90 Å². The summed E-state index contributed by atoms with van der Waals surface area (Å²) in [5.74, 6) is 0.576. The predicted molar refractivity (Wildman–Crippen MR) is 89.6 cm³/mol. The summed E-state index contributed by atoms with van der Waals surface area (Å²) in [6.07, 6.45) is 0. The van der Waals surface area contributed by atoms with Crippen LogP contribution in [0.1, 0.15) is 15.9 Å². The van der Waals surface area contributed by atoms with Crippen molar-refractivity contribution in [1.29, 1.82) is 0 Å². The largest absolute Gasteiger partial charge is 0.507 e. The molecule has 21 heavy (non-hydrogen) atoms. The summed E-state index contributed by atoms with van der Waals surface area (Å²) in [7, 11) is 3.33. The third kappa shape index (κ3) is 3.87. The quantitative estimate of drug-likeness (QED) is 0.806. The van der Waals surface area contributed by atoms with Crippen LogP contribution in [0.4, 0.5) is 0 Å². The van der Waals surface area contributed by atoms with Gasteiger partial charge in [-0.2, -0.15) is 0 Å². The third-order valence-electron chi connectivity index (χ3n) is 3.11. The molecule has 2 aromatic carbocycles. The lowest BCUT2D eigenvalue weighted by Gasteiger charge is -2.18. The summed E-state index contributed by atoms with van der Waals surface area (Å²) in [6, 6.07) is 12.5. The summed E-state index contributed by atoms with van der Waals surface area (Å²) < 4.78 is 6.01. The second-order valence-corrected chi connectivity index (χ2v) is 5.92. The first-order valence-corrected chi connectivity index (χ1v) is 7.46. The summed E-state index contributed by atoms with van der Waals surface area (Å²) in [4.78, 5) is 14.0. The highest BCUT2D eigenvalue weighted by atomic mass is 127. The van der Waals surface area contributed by atoms with Gasteiger partial charge in [-0.05, 0) is 58.5 Å². The smallest absolute Gasteiger partial charge is 0.257 e. The normalized spacial score (nSPS) is 10.2. The van der Waals surface area contributed by atoms with Crippen LogP contribution >= 0.6 is 22.6 Å². The van der Waals surface area contributed by atoms with E-state index in [1.54, 1.807) is 31.2 Å². The van der Waals surface area contributed by atoms with Crippen molar-refractivity contribution in [3.8, 4) is 11.5 Å². The van der Waals surface area contributed by atoms with Gasteiger partial charge in [-0.15, -0.1) is 0 Å². The van der Waals surface area contributed by atoms with Gasteiger partial charge in [0.1, 0.15) is 11.5 Å². The Morgan fingerprint density at radius 2 is 1.90 bits per heavy atom. The molecule has 0 aromatic heterocycles. The molecule has 0 bridgehead atoms. The fourth-order valence-electron chi connectivity index (χ4n) is 1.96. The Morgan fingerprint density at radius 3 is 2.52 bits per heavy atom. The number of nitrogens with zero attached hydrogens (tertiary/aromatic N) is 1. The lowest BCUT2D eigenvalue weighted by atomic mass is 10.1. The van der Waals surface area contributed by atoms with Crippen molar-refractivity contribution in [2.45, 2.75) is 6.54 Å². The van der Waals surface area contributed by atoms with Gasteiger partial charge in [-0.1, -0.05) is 12.1 Å². The van der Waals surface area contributed by atoms with Gasteiger partial charge in [0.2, 0.25) is 0 Å². The number of ether oxygens (including phenoxy) is 1. The molecule has 110 valence electrons. The Hall–Kier alpha value is -1.76. The van der Waals surface area contributed by atoms with Gasteiger partial charge in [-0.3, -0.25) is 4.79 Å². The molecule has 0 unspecified atom stereocenters. The van der Waals surface area contributed by atoms with Crippen LogP contribution in [-0.2, 0) is 6.54 Å². The van der Waals surface area contributed by atoms with E-state index in [1.165, 1.54) is 6.07 Å². The van der Waals surface area contributed by atoms with Crippen molar-refractivity contribution in [3.05, 3.63) is 57.2 Å². The van der Waals surface area contributed by atoms with E-state index in [-0.39, 0.29) is 11.7 Å². The van der Waals surface area contributed by atoms with Crippen LogP contribution in [0.25, 0.3) is 0 Å². The number of amides is 1. The molecule has 5 heteroatoms. The average molecular weight is 397 g/mol. The molecule has 0 heterocycles. The fourth-order valence-corrected chi connectivity index (χ4v) is 2.45. The van der Waals surface area contributed by atoms with Crippen molar-refractivity contribution < 1.29 is 14.6 Å². The first kappa shape index (κ1) is 15.6. The number of carbonyl (C=O) groups excluding carboxylic acids is 1. The number of phenolic OH excluding ortho intramolecular Hbond substituents is 1. The van der Waals surface area contributed by atoms with E-state index >= 15 is 0 Å². The first-order chi connectivity index (χ1) is 10.0. The van der Waals surface area contributed by atoms with E-state index in [2.05, 4.69) is 22.6 Å². The Kier molecular flexibility index (Phi) is 5.06. The van der Waals surface area contributed by atoms with Gasteiger partial charge in [0.05, 0.1) is 12.7 Å². The third-order valence-corrected chi connectivity index (χ3v) is 3.79. The van der Waals surface area contributed by atoms with Crippen LogP contribution in [0, 0.1) is 3.57 Å². The van der Waals surface area contributed by atoms with E-state index in [1.807, 2.05) is 24.3 Å². The maximum Gasteiger partial charge on any atom is 0.257 e. The Labute approximate surface area is 137 Å². The molecule has 2 rings (SSSR count).